The first-order valence-electron chi connectivity index (χ1n) is 10.4. The number of likely N-dealkylation sites (tertiary alicyclic amines) is 1. The molecule has 3 heterocycles. The van der Waals surface area contributed by atoms with Crippen molar-refractivity contribution in [1.82, 2.24) is 19.7 Å². The van der Waals surface area contributed by atoms with E-state index in [0.717, 1.165) is 33.8 Å². The topological polar surface area (TPSA) is 68.1 Å². The zero-order valence-electron chi connectivity index (χ0n) is 17.4. The van der Waals surface area contributed by atoms with Gasteiger partial charge in [0.2, 0.25) is 0 Å². The second-order valence-corrected chi connectivity index (χ2v) is 8.86. The van der Waals surface area contributed by atoms with E-state index < -0.39 is 11.7 Å². The van der Waals surface area contributed by atoms with Crippen LogP contribution in [0.3, 0.4) is 0 Å². The smallest absolute Gasteiger partial charge is 0.295 e. The Hall–Kier alpha value is -3.32. The largest absolute Gasteiger partial charge is 0.326 e. The van der Waals surface area contributed by atoms with E-state index in [1.165, 1.54) is 0 Å². The van der Waals surface area contributed by atoms with Gasteiger partial charge in [-0.05, 0) is 51.0 Å². The summed E-state index contributed by atoms with van der Waals surface area (Å²) in [6.45, 7) is 4.18. The van der Waals surface area contributed by atoms with Gasteiger partial charge in [0.05, 0.1) is 38.9 Å². The van der Waals surface area contributed by atoms with Gasteiger partial charge in [-0.1, -0.05) is 30.3 Å². The second kappa shape index (κ2) is 7.74. The van der Waals surface area contributed by atoms with Gasteiger partial charge >= 0.3 is 0 Å². The Morgan fingerprint density at radius 3 is 2.55 bits per heavy atom. The van der Waals surface area contributed by atoms with Gasteiger partial charge in [-0.25, -0.2) is 9.67 Å². The summed E-state index contributed by atoms with van der Waals surface area (Å²) in [5.41, 5.74) is 3.43. The normalized spacial score (nSPS) is 16.2. The van der Waals surface area contributed by atoms with Crippen LogP contribution in [-0.2, 0) is 4.79 Å². The summed E-state index contributed by atoms with van der Waals surface area (Å²) in [7, 11) is 0. The maximum absolute atomic E-state index is 13.3. The summed E-state index contributed by atoms with van der Waals surface area (Å²) in [6, 6.07) is 17.4. The Morgan fingerprint density at radius 1 is 1.03 bits per heavy atom. The van der Waals surface area contributed by atoms with Crippen LogP contribution in [0.1, 0.15) is 45.6 Å². The number of hydrogen-bond acceptors (Lipinski definition) is 5. The molecule has 0 bridgehead atoms. The third-order valence-corrected chi connectivity index (χ3v) is 6.96. The highest BCUT2D eigenvalue weighted by Gasteiger charge is 2.37. The number of benzene rings is 2. The summed E-state index contributed by atoms with van der Waals surface area (Å²) < 4.78 is 2.82. The Labute approximate surface area is 184 Å². The van der Waals surface area contributed by atoms with Gasteiger partial charge in [0.15, 0.2) is 0 Å². The Kier molecular flexibility index (Phi) is 4.90. The van der Waals surface area contributed by atoms with Gasteiger partial charge in [-0.2, -0.15) is 5.10 Å². The van der Waals surface area contributed by atoms with Crippen molar-refractivity contribution in [2.24, 2.45) is 0 Å². The van der Waals surface area contributed by atoms with Crippen molar-refractivity contribution in [2.45, 2.75) is 32.7 Å². The predicted octanol–water partition coefficient (Wildman–Crippen LogP) is 4.65. The van der Waals surface area contributed by atoms with Crippen molar-refractivity contribution in [3.8, 4) is 5.69 Å². The minimum atomic E-state index is -0.495. The standard InChI is InChI=1S/C24H22N4O2S/c1-15-21(16(2)28(26-15)17-9-4-3-5-10-17)22(29)24(30)27-14-8-12-19(27)23-25-18-11-6-7-13-20(18)31-23/h3-7,9-11,13,19H,8,12,14H2,1-2H3/t19-/m0/s1. The second-order valence-electron chi connectivity index (χ2n) is 7.80. The average molecular weight is 431 g/mol. The summed E-state index contributed by atoms with van der Waals surface area (Å²) in [5, 5.41) is 5.43. The fourth-order valence-electron chi connectivity index (χ4n) is 4.33. The summed E-state index contributed by atoms with van der Waals surface area (Å²) in [4.78, 5) is 33.0. The van der Waals surface area contributed by atoms with E-state index in [9.17, 15) is 9.59 Å². The Bertz CT molecular complexity index is 1260. The molecule has 4 aromatic rings. The molecule has 1 fully saturated rings. The molecule has 156 valence electrons. The Morgan fingerprint density at radius 2 is 1.77 bits per heavy atom. The fourth-order valence-corrected chi connectivity index (χ4v) is 5.44. The van der Waals surface area contributed by atoms with Gasteiger partial charge < -0.3 is 4.90 Å². The summed E-state index contributed by atoms with van der Waals surface area (Å²) in [5.74, 6) is -0.967. The molecule has 0 N–H and O–H groups in total. The molecule has 0 saturated carbocycles. The number of aryl methyl sites for hydroxylation is 1. The van der Waals surface area contributed by atoms with Gasteiger partial charge in [-0.3, -0.25) is 9.59 Å². The molecular weight excluding hydrogens is 408 g/mol. The number of carbonyl (C=O) groups is 2. The van der Waals surface area contributed by atoms with Crippen LogP contribution in [0.5, 0.6) is 0 Å². The number of rotatable bonds is 4. The molecule has 7 heteroatoms. The van der Waals surface area contributed by atoms with Crippen molar-refractivity contribution in [3.63, 3.8) is 0 Å². The molecule has 6 nitrogen and oxygen atoms in total. The average Bonchev–Trinajstić information content (AvgIpc) is 3.50. The number of thiazole rings is 1. The first kappa shape index (κ1) is 19.6. The molecule has 1 aliphatic heterocycles. The van der Waals surface area contributed by atoms with Crippen LogP contribution in [-0.4, -0.2) is 37.9 Å². The molecule has 0 spiro atoms. The van der Waals surface area contributed by atoms with Crippen molar-refractivity contribution >= 4 is 33.2 Å². The predicted molar refractivity (Wildman–Crippen MR) is 121 cm³/mol. The number of para-hydroxylation sites is 2. The molecule has 0 unspecified atom stereocenters. The van der Waals surface area contributed by atoms with E-state index in [2.05, 4.69) is 5.10 Å². The van der Waals surface area contributed by atoms with E-state index in [1.54, 1.807) is 27.8 Å². The third-order valence-electron chi connectivity index (χ3n) is 5.82. The van der Waals surface area contributed by atoms with E-state index in [1.807, 2.05) is 61.5 Å². The highest BCUT2D eigenvalue weighted by molar-refractivity contribution is 7.18. The van der Waals surface area contributed by atoms with Crippen LogP contribution in [0.15, 0.2) is 54.6 Å². The van der Waals surface area contributed by atoms with Crippen LogP contribution in [0.2, 0.25) is 0 Å². The van der Waals surface area contributed by atoms with Gasteiger partial charge in [0.25, 0.3) is 11.7 Å². The molecular formula is C24H22N4O2S. The summed E-state index contributed by atoms with van der Waals surface area (Å²) >= 11 is 1.60. The molecule has 1 atom stereocenters. The monoisotopic (exact) mass is 430 g/mol. The lowest BCUT2D eigenvalue weighted by Crippen LogP contribution is -2.36. The lowest BCUT2D eigenvalue weighted by molar-refractivity contribution is -0.127. The van der Waals surface area contributed by atoms with E-state index in [4.69, 9.17) is 4.98 Å². The molecule has 1 aliphatic rings. The van der Waals surface area contributed by atoms with Crippen molar-refractivity contribution in [1.29, 1.82) is 0 Å². The van der Waals surface area contributed by atoms with Crippen LogP contribution in [0, 0.1) is 13.8 Å². The van der Waals surface area contributed by atoms with E-state index in [0.29, 0.717) is 23.5 Å². The van der Waals surface area contributed by atoms with Gasteiger partial charge in [0, 0.05) is 6.54 Å². The van der Waals surface area contributed by atoms with Crippen molar-refractivity contribution in [2.75, 3.05) is 6.54 Å². The molecule has 0 aliphatic carbocycles. The molecule has 2 aromatic carbocycles. The first-order valence-corrected chi connectivity index (χ1v) is 11.2. The molecule has 0 radical (unpaired) electrons. The van der Waals surface area contributed by atoms with Crippen LogP contribution in [0.4, 0.5) is 0 Å². The number of carbonyl (C=O) groups excluding carboxylic acids is 2. The quantitative estimate of drug-likeness (QED) is 0.349. The summed E-state index contributed by atoms with van der Waals surface area (Å²) in [6.07, 6.45) is 1.68. The number of nitrogens with zero attached hydrogens (tertiary/aromatic N) is 4. The molecule has 2 aromatic heterocycles. The number of ketones is 1. The SMILES string of the molecule is Cc1nn(-c2ccccc2)c(C)c1C(=O)C(=O)N1CCC[C@H]1c1nc2ccccc2s1. The molecule has 31 heavy (non-hydrogen) atoms. The van der Waals surface area contributed by atoms with Crippen molar-refractivity contribution < 1.29 is 9.59 Å². The number of fused-ring (bicyclic) bond motifs is 1. The number of amides is 1. The third kappa shape index (κ3) is 3.35. The lowest BCUT2D eigenvalue weighted by atomic mass is 10.1. The number of aromatic nitrogens is 3. The van der Waals surface area contributed by atoms with E-state index >= 15 is 0 Å². The molecule has 1 saturated heterocycles. The van der Waals surface area contributed by atoms with Crippen molar-refractivity contribution in [3.05, 3.63) is 76.6 Å². The highest BCUT2D eigenvalue weighted by atomic mass is 32.1. The number of Topliss-reactive ketones (excluding diaryl/α,β-unsaturated/α-hetero) is 1. The first-order chi connectivity index (χ1) is 15.0. The lowest BCUT2D eigenvalue weighted by Gasteiger charge is -2.22. The van der Waals surface area contributed by atoms with Crippen LogP contribution < -0.4 is 0 Å². The zero-order valence-corrected chi connectivity index (χ0v) is 18.2. The molecule has 1 amide bonds. The van der Waals surface area contributed by atoms with Crippen LogP contribution >= 0.6 is 11.3 Å². The molecule has 5 rings (SSSR count). The van der Waals surface area contributed by atoms with Gasteiger partial charge in [-0.15, -0.1) is 11.3 Å². The van der Waals surface area contributed by atoms with Crippen LogP contribution in [0.25, 0.3) is 15.9 Å². The Balaban J connectivity index is 1.46. The minimum Gasteiger partial charge on any atom is -0.326 e. The van der Waals surface area contributed by atoms with Gasteiger partial charge in [0.1, 0.15) is 5.01 Å². The fraction of sp³-hybridized carbons (Fsp3) is 0.250. The van der Waals surface area contributed by atoms with E-state index in [-0.39, 0.29) is 6.04 Å². The zero-order chi connectivity index (χ0) is 21.5. The maximum atomic E-state index is 13.3. The minimum absolute atomic E-state index is 0.154. The number of hydrogen-bond donors (Lipinski definition) is 0. The maximum Gasteiger partial charge on any atom is 0.295 e. The highest BCUT2D eigenvalue weighted by Crippen LogP contribution is 2.37.